The van der Waals surface area contributed by atoms with E-state index < -0.39 is 16.9 Å². The van der Waals surface area contributed by atoms with Gasteiger partial charge in [0, 0.05) is 28.5 Å². The highest BCUT2D eigenvalue weighted by Gasteiger charge is 2.27. The van der Waals surface area contributed by atoms with Crippen LogP contribution < -0.4 is 10.6 Å². The number of nitrogens with one attached hydrogen (secondary N) is 2. The first kappa shape index (κ1) is 26.9. The van der Waals surface area contributed by atoms with Crippen molar-refractivity contribution in [2.24, 2.45) is 11.8 Å². The largest absolute Gasteiger partial charge is 0.344 e. The molecule has 0 radical (unpaired) electrons. The number of carbonyl (C=O) groups excluding carboxylic acids is 2. The molecule has 0 saturated carbocycles. The van der Waals surface area contributed by atoms with Crippen LogP contribution in [0.4, 0.5) is 11.4 Å². The van der Waals surface area contributed by atoms with Crippen LogP contribution in [0.5, 0.6) is 0 Å². The highest BCUT2D eigenvalue weighted by molar-refractivity contribution is 7.99. The molecule has 0 aliphatic carbocycles. The monoisotopic (exact) mass is 505 g/mol. The molecule has 2 atom stereocenters. The number of nitro groups is 1. The third-order valence-electron chi connectivity index (χ3n) is 5.58. The summed E-state index contributed by atoms with van der Waals surface area (Å²) in [7, 11) is 0. The SMILES string of the molecule is CC(C)CC(NC(=O)C(CSc1ccc([N+](=O)[O-])cc1)Cc1ccccc1)C(=O)Nc1ccccc1. The fourth-order valence-electron chi connectivity index (χ4n) is 3.73. The number of non-ortho nitro benzene ring substituents is 1. The zero-order valence-electron chi connectivity index (χ0n) is 20.4. The van der Waals surface area contributed by atoms with Gasteiger partial charge in [-0.15, -0.1) is 11.8 Å². The number of para-hydroxylation sites is 1. The van der Waals surface area contributed by atoms with Crippen LogP contribution in [0.15, 0.2) is 89.8 Å². The molecule has 0 aliphatic rings. The standard InChI is InChI=1S/C28H31N3O4S/c1-20(2)17-26(28(33)29-23-11-7-4-8-12-23)30-27(32)22(18-21-9-5-3-6-10-21)19-36-25-15-13-24(14-16-25)31(34)35/h3-16,20,22,26H,17-19H2,1-2H3,(H,29,33)(H,30,32). The Balaban J connectivity index is 1.73. The molecule has 7 nitrogen and oxygen atoms in total. The molecule has 0 fully saturated rings. The average molecular weight is 506 g/mol. The Kier molecular flexibility index (Phi) is 10.1. The summed E-state index contributed by atoms with van der Waals surface area (Å²) in [5.74, 6) is -0.162. The molecule has 2 unspecified atom stereocenters. The fourth-order valence-corrected chi connectivity index (χ4v) is 4.72. The van der Waals surface area contributed by atoms with E-state index in [2.05, 4.69) is 10.6 Å². The summed E-state index contributed by atoms with van der Waals surface area (Å²) >= 11 is 1.46. The minimum absolute atomic E-state index is 0.0267. The van der Waals surface area contributed by atoms with Gasteiger partial charge < -0.3 is 10.6 Å². The second-order valence-corrected chi connectivity index (χ2v) is 10.1. The Labute approximate surface area is 215 Å². The zero-order valence-corrected chi connectivity index (χ0v) is 21.2. The van der Waals surface area contributed by atoms with E-state index in [4.69, 9.17) is 0 Å². The van der Waals surface area contributed by atoms with Gasteiger partial charge in [0.1, 0.15) is 6.04 Å². The third-order valence-corrected chi connectivity index (χ3v) is 6.75. The maximum absolute atomic E-state index is 13.5. The summed E-state index contributed by atoms with van der Waals surface area (Å²) in [6, 6.07) is 24.6. The van der Waals surface area contributed by atoms with Crippen molar-refractivity contribution in [2.75, 3.05) is 11.1 Å². The number of benzene rings is 3. The molecule has 36 heavy (non-hydrogen) atoms. The number of thioether (sulfide) groups is 1. The van der Waals surface area contributed by atoms with Crippen molar-refractivity contribution in [3.8, 4) is 0 Å². The highest BCUT2D eigenvalue weighted by atomic mass is 32.2. The van der Waals surface area contributed by atoms with Gasteiger partial charge >= 0.3 is 0 Å². The number of hydrogen-bond donors (Lipinski definition) is 2. The lowest BCUT2D eigenvalue weighted by atomic mass is 9.98. The van der Waals surface area contributed by atoms with Gasteiger partial charge in [-0.25, -0.2) is 0 Å². The van der Waals surface area contributed by atoms with E-state index in [1.54, 1.807) is 12.1 Å². The third kappa shape index (κ3) is 8.53. The van der Waals surface area contributed by atoms with Crippen molar-refractivity contribution in [3.05, 3.63) is 101 Å². The van der Waals surface area contributed by atoms with Gasteiger partial charge in [0.2, 0.25) is 11.8 Å². The number of anilines is 1. The molecule has 0 heterocycles. The van der Waals surface area contributed by atoms with Crippen LogP contribution in [-0.2, 0) is 16.0 Å². The Morgan fingerprint density at radius 1 is 0.889 bits per heavy atom. The number of hydrogen-bond acceptors (Lipinski definition) is 5. The molecule has 0 saturated heterocycles. The van der Waals surface area contributed by atoms with Gasteiger partial charge in [-0.3, -0.25) is 19.7 Å². The molecule has 0 aromatic heterocycles. The fraction of sp³-hybridized carbons (Fsp3) is 0.286. The van der Waals surface area contributed by atoms with Gasteiger partial charge in [-0.05, 0) is 48.6 Å². The summed E-state index contributed by atoms with van der Waals surface area (Å²) in [4.78, 5) is 37.9. The lowest BCUT2D eigenvalue weighted by Gasteiger charge is -2.24. The van der Waals surface area contributed by atoms with Crippen LogP contribution in [0.1, 0.15) is 25.8 Å². The van der Waals surface area contributed by atoms with Gasteiger partial charge in [0.25, 0.3) is 5.69 Å². The van der Waals surface area contributed by atoms with Gasteiger partial charge in [-0.1, -0.05) is 62.4 Å². The van der Waals surface area contributed by atoms with Crippen molar-refractivity contribution in [1.82, 2.24) is 5.32 Å². The Bertz CT molecular complexity index is 1140. The Morgan fingerprint density at radius 3 is 2.08 bits per heavy atom. The highest BCUT2D eigenvalue weighted by Crippen LogP contribution is 2.25. The van der Waals surface area contributed by atoms with Crippen molar-refractivity contribution < 1.29 is 14.5 Å². The zero-order chi connectivity index (χ0) is 25.9. The second kappa shape index (κ2) is 13.4. The van der Waals surface area contributed by atoms with E-state index in [0.717, 1.165) is 10.5 Å². The van der Waals surface area contributed by atoms with E-state index in [0.29, 0.717) is 24.3 Å². The summed E-state index contributed by atoms with van der Waals surface area (Å²) < 4.78 is 0. The molecule has 0 bridgehead atoms. The first-order valence-electron chi connectivity index (χ1n) is 11.9. The number of nitrogens with zero attached hydrogens (tertiary/aromatic N) is 1. The van der Waals surface area contributed by atoms with Crippen LogP contribution in [0, 0.1) is 22.0 Å². The number of rotatable bonds is 12. The summed E-state index contributed by atoms with van der Waals surface area (Å²) in [5.41, 5.74) is 1.73. The van der Waals surface area contributed by atoms with Crippen molar-refractivity contribution in [2.45, 2.75) is 37.6 Å². The van der Waals surface area contributed by atoms with E-state index >= 15 is 0 Å². The van der Waals surface area contributed by atoms with Gasteiger partial charge in [0.15, 0.2) is 0 Å². The molecule has 0 spiro atoms. The average Bonchev–Trinajstić information content (AvgIpc) is 2.87. The molecule has 3 aromatic carbocycles. The number of carbonyl (C=O) groups is 2. The summed E-state index contributed by atoms with van der Waals surface area (Å²) in [6.45, 7) is 4.03. The van der Waals surface area contributed by atoms with Crippen LogP contribution in [-0.4, -0.2) is 28.5 Å². The van der Waals surface area contributed by atoms with E-state index in [-0.39, 0.29) is 23.4 Å². The van der Waals surface area contributed by atoms with E-state index in [1.807, 2.05) is 74.5 Å². The topological polar surface area (TPSA) is 101 Å². The minimum Gasteiger partial charge on any atom is -0.344 e. The van der Waals surface area contributed by atoms with Crippen molar-refractivity contribution in [1.29, 1.82) is 0 Å². The van der Waals surface area contributed by atoms with E-state index in [9.17, 15) is 19.7 Å². The lowest BCUT2D eigenvalue weighted by molar-refractivity contribution is -0.384. The molecular weight excluding hydrogens is 474 g/mol. The molecule has 2 amide bonds. The second-order valence-electron chi connectivity index (χ2n) is 8.99. The molecule has 3 aromatic rings. The van der Waals surface area contributed by atoms with Crippen molar-refractivity contribution in [3.63, 3.8) is 0 Å². The van der Waals surface area contributed by atoms with Gasteiger partial charge in [0.05, 0.1) is 10.8 Å². The summed E-state index contributed by atoms with van der Waals surface area (Å²) in [6.07, 6.45) is 1.03. The predicted octanol–water partition coefficient (Wildman–Crippen LogP) is 5.72. The lowest BCUT2D eigenvalue weighted by Crippen LogP contribution is -2.47. The maximum Gasteiger partial charge on any atom is 0.269 e. The van der Waals surface area contributed by atoms with Crippen LogP contribution >= 0.6 is 11.8 Å². The van der Waals surface area contributed by atoms with Crippen molar-refractivity contribution >= 4 is 35.0 Å². The molecule has 3 rings (SSSR count). The molecule has 188 valence electrons. The molecule has 8 heteroatoms. The maximum atomic E-state index is 13.5. The Morgan fingerprint density at radius 2 is 1.50 bits per heavy atom. The smallest absolute Gasteiger partial charge is 0.269 e. The van der Waals surface area contributed by atoms with Gasteiger partial charge in [-0.2, -0.15) is 0 Å². The number of nitro benzene ring substituents is 1. The molecule has 2 N–H and O–H groups in total. The van der Waals surface area contributed by atoms with Crippen LogP contribution in [0.3, 0.4) is 0 Å². The van der Waals surface area contributed by atoms with Crippen LogP contribution in [0.2, 0.25) is 0 Å². The first-order chi connectivity index (χ1) is 17.3. The minimum atomic E-state index is -0.666. The molecule has 0 aliphatic heterocycles. The van der Waals surface area contributed by atoms with Crippen LogP contribution in [0.25, 0.3) is 0 Å². The molecular formula is C28H31N3O4S. The quantitative estimate of drug-likeness (QED) is 0.186. The Hall–Kier alpha value is -3.65. The predicted molar refractivity (Wildman–Crippen MR) is 144 cm³/mol. The van der Waals surface area contributed by atoms with E-state index in [1.165, 1.54) is 23.9 Å². The summed E-state index contributed by atoms with van der Waals surface area (Å²) in [5, 5.41) is 16.8. The number of amides is 2. The first-order valence-corrected chi connectivity index (χ1v) is 12.9. The normalized spacial score (nSPS) is 12.5.